The maximum atomic E-state index is 12.1. The van der Waals surface area contributed by atoms with Crippen molar-refractivity contribution >= 4 is 17.5 Å². The van der Waals surface area contributed by atoms with Crippen LogP contribution in [-0.2, 0) is 0 Å². The van der Waals surface area contributed by atoms with Crippen LogP contribution in [0.5, 0.6) is 5.75 Å². The normalized spacial score (nSPS) is 22.8. The molecule has 98 valence electrons. The molecule has 2 N–H and O–H groups in total. The molecule has 1 aliphatic carbocycles. The molecule has 1 aromatic carbocycles. The molecule has 18 heavy (non-hydrogen) atoms. The van der Waals surface area contributed by atoms with Crippen LogP contribution in [0.3, 0.4) is 0 Å². The zero-order valence-corrected chi connectivity index (χ0v) is 10.9. The molecule has 1 fully saturated rings. The van der Waals surface area contributed by atoms with Crippen LogP contribution in [0, 0.1) is 0 Å². The van der Waals surface area contributed by atoms with Gasteiger partial charge in [-0.3, -0.25) is 4.79 Å². The summed E-state index contributed by atoms with van der Waals surface area (Å²) < 4.78 is 5.13. The first kappa shape index (κ1) is 13.2. The first-order valence-electron chi connectivity index (χ1n) is 5.94. The van der Waals surface area contributed by atoms with Crippen molar-refractivity contribution < 1.29 is 14.6 Å². The van der Waals surface area contributed by atoms with Crippen LogP contribution in [0.2, 0.25) is 5.02 Å². The fraction of sp³-hybridized carbons (Fsp3) is 0.462. The second kappa shape index (κ2) is 5.59. The Kier molecular flexibility index (Phi) is 4.09. The minimum absolute atomic E-state index is 0.179. The predicted molar refractivity (Wildman–Crippen MR) is 69.1 cm³/mol. The molecule has 2 unspecified atom stereocenters. The van der Waals surface area contributed by atoms with Crippen molar-refractivity contribution in [3.8, 4) is 5.75 Å². The summed E-state index contributed by atoms with van der Waals surface area (Å²) in [4.78, 5) is 12.1. The Balaban J connectivity index is 2.15. The second-order valence-electron chi connectivity index (χ2n) is 4.42. The Morgan fingerprint density at radius 2 is 2.28 bits per heavy atom. The van der Waals surface area contributed by atoms with Gasteiger partial charge < -0.3 is 15.2 Å². The number of hydrogen-bond donors (Lipinski definition) is 2. The van der Waals surface area contributed by atoms with Crippen LogP contribution in [0.4, 0.5) is 0 Å². The zero-order chi connectivity index (χ0) is 13.1. The molecule has 0 spiro atoms. The highest BCUT2D eigenvalue weighted by Gasteiger charge is 2.27. The van der Waals surface area contributed by atoms with Crippen LogP contribution in [0.15, 0.2) is 18.2 Å². The van der Waals surface area contributed by atoms with Gasteiger partial charge in [-0.1, -0.05) is 11.6 Å². The molecular formula is C13H16ClNO3. The number of carbonyl (C=O) groups excluding carboxylic acids is 1. The molecule has 0 saturated heterocycles. The lowest BCUT2D eigenvalue weighted by Crippen LogP contribution is -2.39. The van der Waals surface area contributed by atoms with E-state index < -0.39 is 6.10 Å². The first-order chi connectivity index (χ1) is 8.61. The Morgan fingerprint density at radius 3 is 2.89 bits per heavy atom. The van der Waals surface area contributed by atoms with Gasteiger partial charge in [-0.2, -0.15) is 0 Å². The molecule has 1 amide bonds. The van der Waals surface area contributed by atoms with E-state index in [9.17, 15) is 9.90 Å². The number of methoxy groups -OCH3 is 1. The van der Waals surface area contributed by atoms with Gasteiger partial charge in [0, 0.05) is 5.02 Å². The largest absolute Gasteiger partial charge is 0.496 e. The fourth-order valence-electron chi connectivity index (χ4n) is 2.21. The van der Waals surface area contributed by atoms with Crippen molar-refractivity contribution in [1.82, 2.24) is 5.32 Å². The molecular weight excluding hydrogens is 254 g/mol. The van der Waals surface area contributed by atoms with Crippen molar-refractivity contribution in [2.24, 2.45) is 0 Å². The number of aliphatic hydroxyl groups excluding tert-OH is 1. The van der Waals surface area contributed by atoms with Crippen molar-refractivity contribution in [3.05, 3.63) is 28.8 Å². The van der Waals surface area contributed by atoms with Crippen LogP contribution >= 0.6 is 11.6 Å². The van der Waals surface area contributed by atoms with Crippen LogP contribution < -0.4 is 10.1 Å². The molecule has 0 heterocycles. The fourth-order valence-corrected chi connectivity index (χ4v) is 2.38. The van der Waals surface area contributed by atoms with Crippen molar-refractivity contribution in [1.29, 1.82) is 0 Å². The topological polar surface area (TPSA) is 58.6 Å². The number of rotatable bonds is 3. The van der Waals surface area contributed by atoms with Gasteiger partial charge in [0.15, 0.2) is 0 Å². The highest BCUT2D eigenvalue weighted by molar-refractivity contribution is 6.31. The lowest BCUT2D eigenvalue weighted by molar-refractivity contribution is 0.0870. The average molecular weight is 270 g/mol. The number of amides is 1. The van der Waals surface area contributed by atoms with Gasteiger partial charge in [0.1, 0.15) is 5.75 Å². The van der Waals surface area contributed by atoms with E-state index >= 15 is 0 Å². The lowest BCUT2D eigenvalue weighted by atomic mass is 10.1. The maximum absolute atomic E-state index is 12.1. The number of carbonyl (C=O) groups is 1. The van der Waals surface area contributed by atoms with E-state index in [1.807, 2.05) is 0 Å². The molecule has 1 aliphatic rings. The zero-order valence-electron chi connectivity index (χ0n) is 10.1. The maximum Gasteiger partial charge on any atom is 0.255 e. The van der Waals surface area contributed by atoms with E-state index in [4.69, 9.17) is 16.3 Å². The molecule has 0 aromatic heterocycles. The monoisotopic (exact) mass is 269 g/mol. The van der Waals surface area contributed by atoms with Crippen LogP contribution in [0.25, 0.3) is 0 Å². The summed E-state index contributed by atoms with van der Waals surface area (Å²) in [5.74, 6) is 0.213. The standard InChI is InChI=1S/C13H16ClNO3/c1-18-12-6-5-8(14)7-9(12)13(17)15-10-3-2-4-11(10)16/h5-7,10-11,16H,2-4H2,1H3,(H,15,17). The SMILES string of the molecule is COc1ccc(Cl)cc1C(=O)NC1CCCC1O. The molecule has 0 bridgehead atoms. The number of halogens is 1. The Hall–Kier alpha value is -1.26. The summed E-state index contributed by atoms with van der Waals surface area (Å²) in [5, 5.41) is 13.0. The molecule has 5 heteroatoms. The molecule has 1 saturated carbocycles. The van der Waals surface area contributed by atoms with Gasteiger partial charge in [0.2, 0.25) is 0 Å². The third kappa shape index (κ3) is 2.76. The third-order valence-electron chi connectivity index (χ3n) is 3.20. The van der Waals surface area contributed by atoms with E-state index in [1.165, 1.54) is 7.11 Å². The lowest BCUT2D eigenvalue weighted by Gasteiger charge is -2.17. The smallest absolute Gasteiger partial charge is 0.255 e. The predicted octanol–water partition coefficient (Wildman–Crippen LogP) is 1.99. The average Bonchev–Trinajstić information content (AvgIpc) is 2.75. The van der Waals surface area contributed by atoms with E-state index in [2.05, 4.69) is 5.32 Å². The quantitative estimate of drug-likeness (QED) is 0.882. The summed E-state index contributed by atoms with van der Waals surface area (Å²) in [7, 11) is 1.50. The second-order valence-corrected chi connectivity index (χ2v) is 4.86. The molecule has 0 aliphatic heterocycles. The molecule has 0 radical (unpaired) electrons. The van der Waals surface area contributed by atoms with E-state index in [-0.39, 0.29) is 11.9 Å². The summed E-state index contributed by atoms with van der Waals surface area (Å²) in [6.45, 7) is 0. The summed E-state index contributed by atoms with van der Waals surface area (Å²) in [6.07, 6.45) is 2.01. The van der Waals surface area contributed by atoms with Gasteiger partial charge in [-0.25, -0.2) is 0 Å². The summed E-state index contributed by atoms with van der Waals surface area (Å²) in [5.41, 5.74) is 0.393. The highest BCUT2D eigenvalue weighted by Crippen LogP contribution is 2.24. The first-order valence-corrected chi connectivity index (χ1v) is 6.32. The van der Waals surface area contributed by atoms with E-state index in [0.717, 1.165) is 19.3 Å². The third-order valence-corrected chi connectivity index (χ3v) is 3.44. The molecule has 2 rings (SSSR count). The highest BCUT2D eigenvalue weighted by atomic mass is 35.5. The Morgan fingerprint density at radius 1 is 1.50 bits per heavy atom. The van der Waals surface area contributed by atoms with Crippen LogP contribution in [0.1, 0.15) is 29.6 Å². The van der Waals surface area contributed by atoms with Gasteiger partial charge in [0.25, 0.3) is 5.91 Å². The van der Waals surface area contributed by atoms with Gasteiger partial charge in [-0.05, 0) is 37.5 Å². The number of hydrogen-bond acceptors (Lipinski definition) is 3. The van der Waals surface area contributed by atoms with Crippen LogP contribution in [-0.4, -0.2) is 30.3 Å². The number of aliphatic hydroxyl groups is 1. The molecule has 2 atom stereocenters. The van der Waals surface area contributed by atoms with Gasteiger partial charge in [-0.15, -0.1) is 0 Å². The number of ether oxygens (including phenoxy) is 1. The molecule has 4 nitrogen and oxygen atoms in total. The minimum atomic E-state index is -0.459. The summed E-state index contributed by atoms with van der Waals surface area (Å²) >= 11 is 5.88. The van der Waals surface area contributed by atoms with Gasteiger partial charge in [0.05, 0.1) is 24.8 Å². The van der Waals surface area contributed by atoms with Gasteiger partial charge >= 0.3 is 0 Å². The van der Waals surface area contributed by atoms with Crippen molar-refractivity contribution in [2.75, 3.05) is 7.11 Å². The van der Waals surface area contributed by atoms with Crippen molar-refractivity contribution in [3.63, 3.8) is 0 Å². The Labute approximate surface area is 111 Å². The molecule has 1 aromatic rings. The van der Waals surface area contributed by atoms with E-state index in [0.29, 0.717) is 16.3 Å². The van der Waals surface area contributed by atoms with Crippen molar-refractivity contribution in [2.45, 2.75) is 31.4 Å². The van der Waals surface area contributed by atoms with E-state index in [1.54, 1.807) is 18.2 Å². The number of nitrogens with one attached hydrogen (secondary N) is 1. The minimum Gasteiger partial charge on any atom is -0.496 e. The summed E-state index contributed by atoms with van der Waals surface area (Å²) in [6, 6.07) is 4.71. The number of benzene rings is 1. The Bertz CT molecular complexity index is 450.